The van der Waals surface area contributed by atoms with E-state index in [2.05, 4.69) is 40.7 Å². The number of urea groups is 1. The van der Waals surface area contributed by atoms with Gasteiger partial charge in [-0.25, -0.2) is 4.79 Å². The van der Waals surface area contributed by atoms with Gasteiger partial charge in [0.05, 0.1) is 12.2 Å². The minimum absolute atomic E-state index is 0.00362. The third-order valence-corrected chi connectivity index (χ3v) is 5.92. The molecule has 1 fully saturated rings. The van der Waals surface area contributed by atoms with Crippen LogP contribution in [0.4, 0.5) is 4.79 Å². The molecule has 5 nitrogen and oxygen atoms in total. The molecule has 0 bridgehead atoms. The topological polar surface area (TPSA) is 50.2 Å². The number of nitrogens with zero attached hydrogens (tertiary/aromatic N) is 3. The second kappa shape index (κ2) is 7.94. The van der Waals surface area contributed by atoms with Crippen molar-refractivity contribution in [1.82, 2.24) is 20.0 Å². The summed E-state index contributed by atoms with van der Waals surface area (Å²) in [6, 6.07) is 11.0. The van der Waals surface area contributed by atoms with E-state index in [9.17, 15) is 4.79 Å². The van der Waals surface area contributed by atoms with Crippen LogP contribution in [0.3, 0.4) is 0 Å². The van der Waals surface area contributed by atoms with Crippen LogP contribution in [0.5, 0.6) is 0 Å². The molecule has 5 heteroatoms. The number of amides is 2. The van der Waals surface area contributed by atoms with Crippen LogP contribution in [0.15, 0.2) is 36.5 Å². The Kier molecular flexibility index (Phi) is 5.64. The van der Waals surface area contributed by atoms with E-state index >= 15 is 0 Å². The molecule has 1 heterocycles. The highest BCUT2D eigenvalue weighted by molar-refractivity contribution is 5.74. The lowest BCUT2D eigenvalue weighted by molar-refractivity contribution is 0.167. The first-order chi connectivity index (χ1) is 12.5. The van der Waals surface area contributed by atoms with E-state index < -0.39 is 0 Å². The molecule has 1 unspecified atom stereocenters. The fourth-order valence-electron chi connectivity index (χ4n) is 3.99. The number of aryl methyl sites for hydroxylation is 1. The molecule has 1 aliphatic rings. The number of benzene rings is 1. The number of hydrogen-bond donors (Lipinski definition) is 1. The van der Waals surface area contributed by atoms with Crippen LogP contribution in [-0.2, 0) is 7.05 Å². The highest BCUT2D eigenvalue weighted by Gasteiger charge is 2.28. The Balaban J connectivity index is 1.54. The monoisotopic (exact) mass is 354 g/mol. The van der Waals surface area contributed by atoms with Gasteiger partial charge < -0.3 is 10.2 Å². The maximum Gasteiger partial charge on any atom is 0.317 e. The molecular weight excluding hydrogens is 324 g/mol. The summed E-state index contributed by atoms with van der Waals surface area (Å²) in [6.45, 7) is 4.04. The summed E-state index contributed by atoms with van der Waals surface area (Å²) in [5.74, 6) is 0.626. The van der Waals surface area contributed by atoms with E-state index in [4.69, 9.17) is 0 Å². The van der Waals surface area contributed by atoms with Crippen LogP contribution in [0.1, 0.15) is 61.4 Å². The summed E-state index contributed by atoms with van der Waals surface area (Å²) < 4.78 is 1.84. The summed E-state index contributed by atoms with van der Waals surface area (Å²) in [6.07, 6.45) is 6.24. The molecule has 1 aliphatic carbocycles. The molecule has 140 valence electrons. The zero-order valence-electron chi connectivity index (χ0n) is 16.3. The average molecular weight is 354 g/mol. The van der Waals surface area contributed by atoms with Gasteiger partial charge in [-0.1, -0.05) is 30.3 Å². The first kappa shape index (κ1) is 18.5. The van der Waals surface area contributed by atoms with Gasteiger partial charge in [0.2, 0.25) is 0 Å². The Morgan fingerprint density at radius 2 is 1.88 bits per heavy atom. The van der Waals surface area contributed by atoms with Crippen molar-refractivity contribution in [3.8, 4) is 0 Å². The molecule has 3 rings (SSSR count). The van der Waals surface area contributed by atoms with Crippen LogP contribution in [0.25, 0.3) is 0 Å². The predicted molar refractivity (Wildman–Crippen MR) is 104 cm³/mol. The second-order valence-corrected chi connectivity index (χ2v) is 7.51. The van der Waals surface area contributed by atoms with E-state index in [-0.39, 0.29) is 12.1 Å². The van der Waals surface area contributed by atoms with E-state index in [1.54, 1.807) is 0 Å². The Bertz CT molecular complexity index is 732. The van der Waals surface area contributed by atoms with Crippen molar-refractivity contribution in [1.29, 1.82) is 0 Å². The van der Waals surface area contributed by atoms with Gasteiger partial charge in [0.25, 0.3) is 0 Å². The normalized spacial score (nSPS) is 21.2. The molecule has 1 N–H and O–H groups in total. The fourth-order valence-corrected chi connectivity index (χ4v) is 3.99. The van der Waals surface area contributed by atoms with E-state index in [1.807, 2.05) is 43.7 Å². The quantitative estimate of drug-likeness (QED) is 0.896. The van der Waals surface area contributed by atoms with E-state index in [1.165, 1.54) is 5.56 Å². The lowest BCUT2D eigenvalue weighted by atomic mass is 9.81. The molecule has 0 spiro atoms. The number of carbonyl (C=O) groups excluding carboxylic acids is 1. The third kappa shape index (κ3) is 3.92. The van der Waals surface area contributed by atoms with Crippen molar-refractivity contribution in [2.45, 2.75) is 57.5 Å². The molecule has 1 aromatic heterocycles. The lowest BCUT2D eigenvalue weighted by Crippen LogP contribution is -2.45. The first-order valence-corrected chi connectivity index (χ1v) is 9.54. The molecular formula is C21H30N4O. The summed E-state index contributed by atoms with van der Waals surface area (Å²) in [5, 5.41) is 7.39. The van der Waals surface area contributed by atoms with Gasteiger partial charge >= 0.3 is 6.03 Å². The Morgan fingerprint density at radius 1 is 1.23 bits per heavy atom. The third-order valence-electron chi connectivity index (χ3n) is 5.92. The maximum absolute atomic E-state index is 12.7. The highest BCUT2D eigenvalue weighted by atomic mass is 16.2. The minimum atomic E-state index is -0.0423. The van der Waals surface area contributed by atoms with Crippen LogP contribution < -0.4 is 5.32 Å². The van der Waals surface area contributed by atoms with Gasteiger partial charge in [0.1, 0.15) is 0 Å². The van der Waals surface area contributed by atoms with Crippen molar-refractivity contribution >= 4 is 6.03 Å². The standard InChI is InChI=1S/C21H30N4O/c1-15(20-14-22-25(4)16(20)2)23-21(26)24(3)19-12-10-18(11-13-19)17-8-6-5-7-9-17/h5-9,14-15,18-19H,10-13H2,1-4H3,(H,23,26). The van der Waals surface area contributed by atoms with Crippen molar-refractivity contribution < 1.29 is 4.79 Å². The van der Waals surface area contributed by atoms with Crippen LogP contribution in [-0.4, -0.2) is 33.8 Å². The van der Waals surface area contributed by atoms with Crippen molar-refractivity contribution in [3.05, 3.63) is 53.3 Å². The average Bonchev–Trinajstić information content (AvgIpc) is 3.01. The first-order valence-electron chi connectivity index (χ1n) is 9.54. The molecule has 0 aliphatic heterocycles. The van der Waals surface area contributed by atoms with Crippen molar-refractivity contribution in [2.75, 3.05) is 7.05 Å². The zero-order valence-corrected chi connectivity index (χ0v) is 16.3. The fraction of sp³-hybridized carbons (Fsp3) is 0.524. The molecule has 26 heavy (non-hydrogen) atoms. The van der Waals surface area contributed by atoms with Crippen LogP contribution in [0.2, 0.25) is 0 Å². The van der Waals surface area contributed by atoms with Gasteiger partial charge in [0.15, 0.2) is 0 Å². The summed E-state index contributed by atoms with van der Waals surface area (Å²) in [5.41, 5.74) is 3.59. The number of carbonyl (C=O) groups is 1. The predicted octanol–water partition coefficient (Wildman–Crippen LogP) is 4.16. The summed E-state index contributed by atoms with van der Waals surface area (Å²) in [7, 11) is 3.84. The Hall–Kier alpha value is -2.30. The summed E-state index contributed by atoms with van der Waals surface area (Å²) >= 11 is 0. The molecule has 0 saturated heterocycles. The van der Waals surface area contributed by atoms with Gasteiger partial charge in [-0.3, -0.25) is 4.68 Å². The van der Waals surface area contributed by atoms with E-state index in [0.717, 1.165) is 36.9 Å². The maximum atomic E-state index is 12.7. The number of rotatable bonds is 4. The summed E-state index contributed by atoms with van der Waals surface area (Å²) in [4.78, 5) is 14.6. The van der Waals surface area contributed by atoms with Gasteiger partial charge in [-0.15, -0.1) is 0 Å². The zero-order chi connectivity index (χ0) is 18.7. The number of aromatic nitrogens is 2. The lowest BCUT2D eigenvalue weighted by Gasteiger charge is -2.35. The van der Waals surface area contributed by atoms with Crippen molar-refractivity contribution in [3.63, 3.8) is 0 Å². The molecule has 2 aromatic rings. The highest BCUT2D eigenvalue weighted by Crippen LogP contribution is 2.34. The largest absolute Gasteiger partial charge is 0.331 e. The molecule has 2 amide bonds. The van der Waals surface area contributed by atoms with Crippen LogP contribution >= 0.6 is 0 Å². The van der Waals surface area contributed by atoms with Gasteiger partial charge in [0, 0.05) is 31.4 Å². The van der Waals surface area contributed by atoms with Gasteiger partial charge in [-0.2, -0.15) is 5.10 Å². The SMILES string of the molecule is Cc1c(C(C)NC(=O)N(C)C2CCC(c3ccccc3)CC2)cnn1C. The number of hydrogen-bond acceptors (Lipinski definition) is 2. The smallest absolute Gasteiger partial charge is 0.317 e. The number of nitrogens with one attached hydrogen (secondary N) is 1. The second-order valence-electron chi connectivity index (χ2n) is 7.51. The van der Waals surface area contributed by atoms with Crippen molar-refractivity contribution in [2.24, 2.45) is 7.05 Å². The van der Waals surface area contributed by atoms with Crippen LogP contribution in [0, 0.1) is 6.92 Å². The Labute approximate surface area is 156 Å². The minimum Gasteiger partial charge on any atom is -0.331 e. The molecule has 1 aromatic carbocycles. The van der Waals surface area contributed by atoms with Gasteiger partial charge in [-0.05, 0) is 51.0 Å². The Morgan fingerprint density at radius 3 is 2.46 bits per heavy atom. The van der Waals surface area contributed by atoms with E-state index in [0.29, 0.717) is 12.0 Å². The molecule has 1 atom stereocenters. The molecule has 0 radical (unpaired) electrons. The molecule has 1 saturated carbocycles.